The fourth-order valence-electron chi connectivity index (χ4n) is 1.72. The van der Waals surface area contributed by atoms with Gasteiger partial charge >= 0.3 is 0 Å². The zero-order chi connectivity index (χ0) is 14.1. The molecule has 0 radical (unpaired) electrons. The lowest BCUT2D eigenvalue weighted by Gasteiger charge is -2.25. The average Bonchev–Trinajstić information content (AvgIpc) is 2.35. The molecule has 0 unspecified atom stereocenters. The maximum atomic E-state index is 11.7. The monoisotopic (exact) mass is 281 g/mol. The molecule has 0 aliphatic heterocycles. The van der Waals surface area contributed by atoms with Gasteiger partial charge in [-0.2, -0.15) is 0 Å². The van der Waals surface area contributed by atoms with E-state index in [1.165, 1.54) is 4.90 Å². The largest absolute Gasteiger partial charge is 0.396 e. The Morgan fingerprint density at radius 1 is 1.32 bits per heavy atom. The summed E-state index contributed by atoms with van der Waals surface area (Å²) in [6.07, 6.45) is 1.98. The summed E-state index contributed by atoms with van der Waals surface area (Å²) in [5.74, 6) is 1.00. The van der Waals surface area contributed by atoms with Crippen LogP contribution in [0.3, 0.4) is 0 Å². The molecule has 0 aliphatic rings. The van der Waals surface area contributed by atoms with Crippen molar-refractivity contribution in [2.45, 2.75) is 43.5 Å². The van der Waals surface area contributed by atoms with Crippen LogP contribution in [0, 0.1) is 0 Å². The number of hydrogen-bond donors (Lipinski definition) is 2. The Labute approximate surface area is 119 Å². The quantitative estimate of drug-likeness (QED) is 0.569. The Balaban J connectivity index is 2.17. The first-order valence-corrected chi connectivity index (χ1v) is 7.62. The number of rotatable bonds is 8. The molecule has 4 heteroatoms. The molecule has 19 heavy (non-hydrogen) atoms. The van der Waals surface area contributed by atoms with Crippen LogP contribution in [-0.4, -0.2) is 28.9 Å². The summed E-state index contributed by atoms with van der Waals surface area (Å²) < 4.78 is 0. The van der Waals surface area contributed by atoms with E-state index in [2.05, 4.69) is 17.4 Å². The molecule has 2 N–H and O–H groups in total. The van der Waals surface area contributed by atoms with E-state index in [-0.39, 0.29) is 18.1 Å². The van der Waals surface area contributed by atoms with Crippen molar-refractivity contribution in [1.29, 1.82) is 0 Å². The van der Waals surface area contributed by atoms with Gasteiger partial charge in [0, 0.05) is 23.5 Å². The number of aliphatic hydroxyl groups is 1. The van der Waals surface area contributed by atoms with E-state index in [0.29, 0.717) is 12.8 Å². The van der Waals surface area contributed by atoms with Gasteiger partial charge in [0.2, 0.25) is 5.91 Å². The Morgan fingerprint density at radius 2 is 2.00 bits per heavy atom. The zero-order valence-electron chi connectivity index (χ0n) is 11.7. The van der Waals surface area contributed by atoms with Crippen LogP contribution in [0.2, 0.25) is 0 Å². The minimum absolute atomic E-state index is 0.0621. The normalized spacial score (nSPS) is 11.3. The number of nitrogens with one attached hydrogen (secondary N) is 1. The van der Waals surface area contributed by atoms with E-state index in [4.69, 9.17) is 5.11 Å². The van der Waals surface area contributed by atoms with Crippen molar-refractivity contribution in [2.24, 2.45) is 0 Å². The molecule has 0 atom stereocenters. The fraction of sp³-hybridized carbons (Fsp3) is 0.533. The van der Waals surface area contributed by atoms with Crippen LogP contribution in [-0.2, 0) is 4.79 Å². The summed E-state index contributed by atoms with van der Waals surface area (Å²) >= 11 is 1.77. The fourth-order valence-corrected chi connectivity index (χ4v) is 2.60. The number of aliphatic hydroxyl groups excluding tert-OH is 1. The van der Waals surface area contributed by atoms with Gasteiger partial charge in [-0.3, -0.25) is 4.79 Å². The van der Waals surface area contributed by atoms with E-state index in [9.17, 15) is 4.79 Å². The molecular weight excluding hydrogens is 258 g/mol. The van der Waals surface area contributed by atoms with Crippen LogP contribution in [0.4, 0.5) is 0 Å². The molecule has 0 heterocycles. The molecule has 0 saturated carbocycles. The molecular formula is C15H23NO2S. The minimum atomic E-state index is -0.321. The SMILES string of the molecule is CC(C)(CCO)NC(=O)CCCSc1ccccc1. The van der Waals surface area contributed by atoms with Crippen LogP contribution in [0.15, 0.2) is 35.2 Å². The lowest BCUT2D eigenvalue weighted by Crippen LogP contribution is -2.43. The highest BCUT2D eigenvalue weighted by molar-refractivity contribution is 7.99. The molecule has 1 amide bonds. The number of carbonyl (C=O) groups is 1. The van der Waals surface area contributed by atoms with Gasteiger partial charge in [0.05, 0.1) is 0 Å². The second-order valence-electron chi connectivity index (χ2n) is 5.17. The Kier molecular flexibility index (Phi) is 6.95. The summed E-state index contributed by atoms with van der Waals surface area (Å²) in [6.45, 7) is 3.96. The topological polar surface area (TPSA) is 49.3 Å². The van der Waals surface area contributed by atoms with Crippen LogP contribution >= 0.6 is 11.8 Å². The summed E-state index contributed by atoms with van der Waals surface area (Å²) in [5.41, 5.74) is -0.321. The molecule has 1 aromatic carbocycles. The number of hydrogen-bond acceptors (Lipinski definition) is 3. The van der Waals surface area contributed by atoms with Crippen LogP contribution in [0.25, 0.3) is 0 Å². The lowest BCUT2D eigenvalue weighted by atomic mass is 10.0. The number of thioether (sulfide) groups is 1. The third-order valence-electron chi connectivity index (χ3n) is 2.77. The molecule has 106 valence electrons. The standard InChI is InChI=1S/C15H23NO2S/c1-15(2,10-11-17)16-14(18)9-6-12-19-13-7-4-3-5-8-13/h3-5,7-8,17H,6,9-12H2,1-2H3,(H,16,18). The Morgan fingerprint density at radius 3 is 2.63 bits per heavy atom. The molecule has 3 nitrogen and oxygen atoms in total. The van der Waals surface area contributed by atoms with Gasteiger partial charge in [0.25, 0.3) is 0 Å². The Bertz CT molecular complexity index is 379. The second kappa shape index (κ2) is 8.23. The predicted molar refractivity (Wildman–Crippen MR) is 80.3 cm³/mol. The maximum absolute atomic E-state index is 11.7. The van der Waals surface area contributed by atoms with Gasteiger partial charge in [0.15, 0.2) is 0 Å². The molecule has 0 bridgehead atoms. The first-order valence-electron chi connectivity index (χ1n) is 6.63. The highest BCUT2D eigenvalue weighted by Gasteiger charge is 2.18. The lowest BCUT2D eigenvalue weighted by molar-refractivity contribution is -0.122. The van der Waals surface area contributed by atoms with Crippen molar-refractivity contribution < 1.29 is 9.90 Å². The van der Waals surface area contributed by atoms with Crippen molar-refractivity contribution >= 4 is 17.7 Å². The smallest absolute Gasteiger partial charge is 0.220 e. The van der Waals surface area contributed by atoms with E-state index < -0.39 is 0 Å². The summed E-state index contributed by atoms with van der Waals surface area (Å²) in [7, 11) is 0. The minimum Gasteiger partial charge on any atom is -0.396 e. The van der Waals surface area contributed by atoms with E-state index in [1.807, 2.05) is 32.0 Å². The third kappa shape index (κ3) is 7.23. The number of carbonyl (C=O) groups excluding carboxylic acids is 1. The van der Waals surface area contributed by atoms with Crippen molar-refractivity contribution in [3.8, 4) is 0 Å². The van der Waals surface area contributed by atoms with E-state index in [0.717, 1.165) is 12.2 Å². The molecule has 1 rings (SSSR count). The first-order chi connectivity index (χ1) is 9.03. The number of amides is 1. The maximum Gasteiger partial charge on any atom is 0.220 e. The zero-order valence-corrected chi connectivity index (χ0v) is 12.5. The van der Waals surface area contributed by atoms with Gasteiger partial charge in [-0.1, -0.05) is 18.2 Å². The van der Waals surface area contributed by atoms with E-state index >= 15 is 0 Å². The second-order valence-corrected chi connectivity index (χ2v) is 6.34. The van der Waals surface area contributed by atoms with Crippen LogP contribution in [0.5, 0.6) is 0 Å². The highest BCUT2D eigenvalue weighted by Crippen LogP contribution is 2.18. The number of benzene rings is 1. The third-order valence-corrected chi connectivity index (χ3v) is 3.87. The highest BCUT2D eigenvalue weighted by atomic mass is 32.2. The molecule has 0 spiro atoms. The van der Waals surface area contributed by atoms with Crippen molar-refractivity contribution in [3.63, 3.8) is 0 Å². The molecule has 0 saturated heterocycles. The summed E-state index contributed by atoms with van der Waals surface area (Å²) in [6, 6.07) is 10.2. The molecule has 0 aromatic heterocycles. The van der Waals surface area contributed by atoms with Gasteiger partial charge in [-0.05, 0) is 44.6 Å². The van der Waals surface area contributed by atoms with Crippen molar-refractivity contribution in [2.75, 3.05) is 12.4 Å². The average molecular weight is 281 g/mol. The first kappa shape index (κ1) is 16.1. The molecule has 0 aliphatic carbocycles. The summed E-state index contributed by atoms with van der Waals surface area (Å²) in [5, 5.41) is 11.8. The molecule has 0 fully saturated rings. The van der Waals surface area contributed by atoms with Crippen LogP contribution in [0.1, 0.15) is 33.1 Å². The molecule has 1 aromatic rings. The van der Waals surface area contributed by atoms with Gasteiger partial charge in [-0.15, -0.1) is 11.8 Å². The van der Waals surface area contributed by atoms with Crippen LogP contribution < -0.4 is 5.32 Å². The van der Waals surface area contributed by atoms with Crippen molar-refractivity contribution in [3.05, 3.63) is 30.3 Å². The van der Waals surface area contributed by atoms with Crippen molar-refractivity contribution in [1.82, 2.24) is 5.32 Å². The summed E-state index contributed by atoms with van der Waals surface area (Å²) in [4.78, 5) is 13.0. The van der Waals surface area contributed by atoms with Gasteiger partial charge < -0.3 is 10.4 Å². The Hall–Kier alpha value is -1.00. The van der Waals surface area contributed by atoms with Gasteiger partial charge in [0.1, 0.15) is 0 Å². The van der Waals surface area contributed by atoms with E-state index in [1.54, 1.807) is 11.8 Å². The predicted octanol–water partition coefficient (Wildman–Crippen LogP) is 2.84. The van der Waals surface area contributed by atoms with Gasteiger partial charge in [-0.25, -0.2) is 0 Å².